The lowest BCUT2D eigenvalue weighted by Crippen LogP contribution is -2.18. The molecule has 384 valence electrons. The van der Waals surface area contributed by atoms with Gasteiger partial charge in [-0.3, -0.25) is 9.59 Å². The normalized spacial score (nSPS) is 13.2. The van der Waals surface area contributed by atoms with Crippen molar-refractivity contribution >= 4 is 104 Å². The fourth-order valence-corrected chi connectivity index (χ4v) is 12.8. The first-order valence-electron chi connectivity index (χ1n) is 27.6. The van der Waals surface area contributed by atoms with Crippen molar-refractivity contribution in [2.45, 2.75) is 105 Å². The summed E-state index contributed by atoms with van der Waals surface area (Å²) in [5, 5.41) is 9.25. The highest BCUT2D eigenvalue weighted by atomic mass is 16.1. The maximum atomic E-state index is 15.5. The zero-order chi connectivity index (χ0) is 54.3. The summed E-state index contributed by atoms with van der Waals surface area (Å²) < 4.78 is 9.33. The van der Waals surface area contributed by atoms with Crippen LogP contribution in [0.1, 0.15) is 105 Å². The molecular formula is C72H64N4O2. The van der Waals surface area contributed by atoms with E-state index in [1.165, 1.54) is 32.9 Å². The molecule has 0 saturated carbocycles. The van der Waals surface area contributed by atoms with Gasteiger partial charge in [-0.15, -0.1) is 0 Å². The fraction of sp³-hybridized carbons (Fsp3) is 0.222. The van der Waals surface area contributed by atoms with Crippen molar-refractivity contribution in [3.63, 3.8) is 0 Å². The summed E-state index contributed by atoms with van der Waals surface area (Å²) in [5.74, 6) is 0. The fourth-order valence-electron chi connectivity index (χ4n) is 12.8. The van der Waals surface area contributed by atoms with Crippen molar-refractivity contribution < 1.29 is 0 Å². The third-order valence-corrected chi connectivity index (χ3v) is 17.1. The number of hydrogen-bond acceptors (Lipinski definition) is 2. The second kappa shape index (κ2) is 16.0. The highest BCUT2D eigenvalue weighted by Gasteiger charge is 2.27. The second-order valence-electron chi connectivity index (χ2n) is 26.2. The number of pyridine rings is 2. The molecule has 0 atom stereocenters. The Hall–Kier alpha value is -8.48. The summed E-state index contributed by atoms with van der Waals surface area (Å²) in [6, 6.07) is 61.5. The van der Waals surface area contributed by atoms with E-state index in [1.807, 2.05) is 0 Å². The van der Waals surface area contributed by atoms with Gasteiger partial charge in [-0.1, -0.05) is 156 Å². The topological polar surface area (TPSA) is 53.3 Å². The molecule has 0 bridgehead atoms. The average Bonchev–Trinajstić information content (AvgIpc) is 4.22. The molecule has 0 unspecified atom stereocenters. The summed E-state index contributed by atoms with van der Waals surface area (Å²) in [6.45, 7) is 26.8. The number of benzene rings is 9. The predicted octanol–water partition coefficient (Wildman–Crippen LogP) is 18.0. The molecule has 0 fully saturated rings. The Labute approximate surface area is 453 Å². The van der Waals surface area contributed by atoms with Crippen LogP contribution in [0, 0.1) is 0 Å². The van der Waals surface area contributed by atoms with Crippen LogP contribution in [0.4, 0.5) is 0 Å². The van der Waals surface area contributed by atoms with Crippen molar-refractivity contribution in [2.75, 3.05) is 0 Å². The van der Waals surface area contributed by atoms with Crippen LogP contribution in [0.25, 0.3) is 121 Å². The Bertz CT molecular complexity index is 4840. The van der Waals surface area contributed by atoms with Crippen LogP contribution in [0.5, 0.6) is 0 Å². The lowest BCUT2D eigenvalue weighted by Gasteiger charge is -2.22. The van der Waals surface area contributed by atoms with Gasteiger partial charge in [0.25, 0.3) is 0 Å². The summed E-state index contributed by atoms with van der Waals surface area (Å²) in [7, 11) is 0. The van der Waals surface area contributed by atoms with Crippen LogP contribution in [-0.4, -0.2) is 18.1 Å². The van der Waals surface area contributed by atoms with E-state index in [9.17, 15) is 0 Å². The highest BCUT2D eigenvalue weighted by molar-refractivity contribution is 6.24. The van der Waals surface area contributed by atoms with Crippen molar-refractivity contribution in [1.29, 1.82) is 0 Å². The summed E-state index contributed by atoms with van der Waals surface area (Å²) in [4.78, 5) is 30.9. The van der Waals surface area contributed by atoms with E-state index >= 15 is 9.59 Å². The molecule has 78 heavy (non-hydrogen) atoms. The molecule has 5 aromatic heterocycles. The minimum Gasteiger partial charge on any atom is -0.309 e. The van der Waals surface area contributed by atoms with E-state index in [1.54, 1.807) is 0 Å². The molecule has 0 aliphatic heterocycles. The molecule has 0 N–H and O–H groups in total. The quantitative estimate of drug-likeness (QED) is 0.131. The van der Waals surface area contributed by atoms with Crippen LogP contribution >= 0.6 is 0 Å². The molecular weight excluding hydrogens is 953 g/mol. The van der Waals surface area contributed by atoms with Crippen LogP contribution in [0.2, 0.25) is 0 Å². The zero-order valence-electron chi connectivity index (χ0n) is 46.8. The maximum Gasteiger partial charge on any atom is 0.197 e. The van der Waals surface area contributed by atoms with Crippen molar-refractivity contribution in [1.82, 2.24) is 18.1 Å². The van der Waals surface area contributed by atoms with Gasteiger partial charge >= 0.3 is 0 Å². The van der Waals surface area contributed by atoms with E-state index in [4.69, 9.17) is 0 Å². The largest absolute Gasteiger partial charge is 0.309 e. The van der Waals surface area contributed by atoms with Gasteiger partial charge in [-0.05, 0) is 141 Å². The molecule has 0 aliphatic carbocycles. The number of para-hydroxylation sites is 2. The van der Waals surface area contributed by atoms with Gasteiger partial charge in [0.15, 0.2) is 10.9 Å². The predicted molar refractivity (Wildman–Crippen MR) is 331 cm³/mol. The number of rotatable bonds is 3. The second-order valence-corrected chi connectivity index (χ2v) is 26.2. The van der Waals surface area contributed by atoms with Crippen LogP contribution < -0.4 is 10.9 Å². The standard InChI is InChI=1S/C72H64N4O2/c1-69(2,3)41-21-31-60-52(35-41)53-36-42(70(4,5)6)22-32-61(53)73(60)45-25-27-46(28-26-45)74-58-19-15-13-17-48(58)50-29-30-51-49-18-14-16-20-59(49)75(66(51)65(50)74)47-39-56-64-57(40-47)68(78)55-38-44(72(10,11)12)24-34-63(55)76(64)62-33-23-43(71(7,8)9)37-54(62)67(56)77/h13-40H,1-12H3. The summed E-state index contributed by atoms with van der Waals surface area (Å²) in [5.41, 5.74) is 15.9. The lowest BCUT2D eigenvalue weighted by atomic mass is 9.85. The number of hydrogen-bond donors (Lipinski definition) is 0. The van der Waals surface area contributed by atoms with Gasteiger partial charge in [-0.25, -0.2) is 0 Å². The summed E-state index contributed by atoms with van der Waals surface area (Å²) in [6.07, 6.45) is 0. The first kappa shape index (κ1) is 47.9. The van der Waals surface area contributed by atoms with E-state index in [2.05, 4.69) is 271 Å². The first-order valence-corrected chi connectivity index (χ1v) is 27.6. The maximum absolute atomic E-state index is 15.5. The third-order valence-electron chi connectivity index (χ3n) is 17.1. The molecule has 14 aromatic rings. The Balaban J connectivity index is 1.06. The van der Waals surface area contributed by atoms with Gasteiger partial charge in [-0.2, -0.15) is 0 Å². The Morgan fingerprint density at radius 3 is 0.987 bits per heavy atom. The Morgan fingerprint density at radius 2 is 0.590 bits per heavy atom. The van der Waals surface area contributed by atoms with Gasteiger partial charge in [0.1, 0.15) is 0 Å². The molecule has 0 radical (unpaired) electrons. The van der Waals surface area contributed by atoms with E-state index in [-0.39, 0.29) is 32.5 Å². The first-order chi connectivity index (χ1) is 37.1. The molecule has 6 nitrogen and oxygen atoms in total. The molecule has 0 spiro atoms. The van der Waals surface area contributed by atoms with Gasteiger partial charge in [0.2, 0.25) is 0 Å². The Morgan fingerprint density at radius 1 is 0.256 bits per heavy atom. The molecule has 0 amide bonds. The van der Waals surface area contributed by atoms with Crippen molar-refractivity contribution in [3.05, 3.63) is 213 Å². The Kier molecular flexibility index (Phi) is 9.86. The molecule has 0 saturated heterocycles. The highest BCUT2D eigenvalue weighted by Crippen LogP contribution is 2.44. The van der Waals surface area contributed by atoms with Crippen molar-refractivity contribution in [3.8, 4) is 17.1 Å². The van der Waals surface area contributed by atoms with Crippen LogP contribution in [-0.2, 0) is 21.7 Å². The minimum atomic E-state index is -0.189. The van der Waals surface area contributed by atoms with E-state index in [0.29, 0.717) is 27.1 Å². The van der Waals surface area contributed by atoms with E-state index < -0.39 is 0 Å². The molecule has 6 heteroatoms. The minimum absolute atomic E-state index is 0.00315. The van der Waals surface area contributed by atoms with Crippen LogP contribution in [0.15, 0.2) is 179 Å². The monoisotopic (exact) mass is 1020 g/mol. The summed E-state index contributed by atoms with van der Waals surface area (Å²) >= 11 is 0. The zero-order valence-corrected chi connectivity index (χ0v) is 46.8. The van der Waals surface area contributed by atoms with Crippen LogP contribution in [0.3, 0.4) is 0 Å². The molecule has 5 heterocycles. The third kappa shape index (κ3) is 6.87. The molecule has 14 rings (SSSR count). The number of fused-ring (bicyclic) bond motifs is 14. The van der Waals surface area contributed by atoms with Gasteiger partial charge < -0.3 is 18.1 Å². The van der Waals surface area contributed by atoms with Gasteiger partial charge in [0.05, 0.1) is 49.7 Å². The molecule has 9 aromatic carbocycles. The molecule has 0 aliphatic rings. The van der Waals surface area contributed by atoms with Gasteiger partial charge in [0, 0.05) is 70.9 Å². The lowest BCUT2D eigenvalue weighted by molar-refractivity contribution is 0.590. The SMILES string of the molecule is CC(C)(C)c1ccc2c(c1)c(=O)c1cc(-n3c4ccccc4c4ccc5c6ccccc6n(-c6ccc(-n7c8ccc(C(C)(C)C)cc8c8cc(C(C)(C)C)ccc87)cc6)c5c43)cc3c(=O)c4cc(C(C)(C)C)ccc4n2c13. The van der Waals surface area contributed by atoms with E-state index in [0.717, 1.165) is 82.8 Å². The van der Waals surface area contributed by atoms with Crippen molar-refractivity contribution in [2.24, 2.45) is 0 Å². The smallest absolute Gasteiger partial charge is 0.197 e. The number of aromatic nitrogens is 4. The number of nitrogens with zero attached hydrogens (tertiary/aromatic N) is 4. The average molecular weight is 1020 g/mol.